The predicted molar refractivity (Wildman–Crippen MR) is 75.4 cm³/mol. The predicted octanol–water partition coefficient (Wildman–Crippen LogP) is 3.18. The van der Waals surface area contributed by atoms with E-state index in [1.807, 2.05) is 6.92 Å². The van der Waals surface area contributed by atoms with Crippen molar-refractivity contribution in [3.8, 4) is 0 Å². The number of nitrogens with zero attached hydrogens (tertiary/aromatic N) is 1. The summed E-state index contributed by atoms with van der Waals surface area (Å²) in [6, 6.07) is 4.78. The summed E-state index contributed by atoms with van der Waals surface area (Å²) >= 11 is 0. The van der Waals surface area contributed by atoms with Crippen LogP contribution in [0.1, 0.15) is 37.8 Å². The van der Waals surface area contributed by atoms with Gasteiger partial charge in [0.25, 0.3) is 0 Å². The summed E-state index contributed by atoms with van der Waals surface area (Å²) in [5.41, 5.74) is 4.95. The molecule has 21 heavy (non-hydrogen) atoms. The quantitative estimate of drug-likeness (QED) is 0.908. The maximum Gasteiger partial charge on any atom is 0.416 e. The molecule has 1 unspecified atom stereocenters. The van der Waals surface area contributed by atoms with Crippen LogP contribution in [-0.2, 0) is 17.5 Å². The van der Waals surface area contributed by atoms with Crippen LogP contribution in [0.5, 0.6) is 0 Å². The molecule has 1 atom stereocenters. The second-order valence-corrected chi connectivity index (χ2v) is 5.52. The minimum atomic E-state index is -4.35. The van der Waals surface area contributed by atoms with E-state index >= 15 is 0 Å². The number of benzene rings is 1. The van der Waals surface area contributed by atoms with Crippen molar-refractivity contribution in [3.05, 3.63) is 35.4 Å². The molecular formula is C15H21F3N2O. The number of carbonyl (C=O) groups is 1. The van der Waals surface area contributed by atoms with Crippen molar-refractivity contribution in [1.29, 1.82) is 0 Å². The Morgan fingerprint density at radius 2 is 1.76 bits per heavy atom. The summed E-state index contributed by atoms with van der Waals surface area (Å²) < 4.78 is 37.4. The molecule has 0 fully saturated rings. The second-order valence-electron chi connectivity index (χ2n) is 5.52. The lowest BCUT2D eigenvalue weighted by Crippen LogP contribution is -2.51. The van der Waals surface area contributed by atoms with E-state index in [9.17, 15) is 18.0 Å². The van der Waals surface area contributed by atoms with E-state index in [0.717, 1.165) is 18.6 Å². The third-order valence-electron chi connectivity index (χ3n) is 3.31. The van der Waals surface area contributed by atoms with Crippen molar-refractivity contribution in [2.75, 3.05) is 7.05 Å². The molecule has 0 aliphatic rings. The fraction of sp³-hybridized carbons (Fsp3) is 0.533. The van der Waals surface area contributed by atoms with Gasteiger partial charge in [-0.15, -0.1) is 0 Å². The number of alkyl halides is 3. The number of likely N-dealkylation sites (N-methyl/N-ethyl adjacent to an activating group) is 1. The van der Waals surface area contributed by atoms with Crippen molar-refractivity contribution >= 4 is 5.91 Å². The first-order chi connectivity index (χ1) is 9.58. The molecule has 0 saturated carbocycles. The Kier molecular flexibility index (Phi) is 5.39. The molecule has 0 aromatic heterocycles. The van der Waals surface area contributed by atoms with Crippen LogP contribution in [0, 0.1) is 0 Å². The Morgan fingerprint density at radius 3 is 2.19 bits per heavy atom. The highest BCUT2D eigenvalue weighted by Gasteiger charge is 2.31. The Morgan fingerprint density at radius 1 is 1.24 bits per heavy atom. The lowest BCUT2D eigenvalue weighted by atomic mass is 9.95. The van der Waals surface area contributed by atoms with Gasteiger partial charge in [0.15, 0.2) is 0 Å². The van der Waals surface area contributed by atoms with Gasteiger partial charge in [-0.3, -0.25) is 4.79 Å². The van der Waals surface area contributed by atoms with Gasteiger partial charge < -0.3 is 10.6 Å². The van der Waals surface area contributed by atoms with Crippen LogP contribution in [-0.4, -0.2) is 23.4 Å². The Bertz CT molecular complexity index is 481. The number of hydrogen-bond donors (Lipinski definition) is 1. The molecule has 1 aromatic carbocycles. The van der Waals surface area contributed by atoms with Gasteiger partial charge in [-0.2, -0.15) is 13.2 Å². The molecule has 0 aliphatic heterocycles. The standard InChI is InChI=1S/C15H21F3N2O/c1-4-9-14(2,19)13(21)20(3)10-11-5-7-12(8-6-11)15(16,17)18/h5-8H,4,9-10,19H2,1-3H3. The lowest BCUT2D eigenvalue weighted by Gasteiger charge is -2.29. The summed E-state index contributed by atoms with van der Waals surface area (Å²) in [6.07, 6.45) is -3.01. The highest BCUT2D eigenvalue weighted by atomic mass is 19.4. The Hall–Kier alpha value is -1.56. The highest BCUT2D eigenvalue weighted by molar-refractivity contribution is 5.85. The van der Waals surface area contributed by atoms with Crippen molar-refractivity contribution in [2.45, 2.75) is 44.9 Å². The molecule has 1 amide bonds. The zero-order valence-corrected chi connectivity index (χ0v) is 12.5. The minimum Gasteiger partial charge on any atom is -0.340 e. The van der Waals surface area contributed by atoms with E-state index in [0.29, 0.717) is 12.0 Å². The molecule has 0 heterocycles. The molecule has 0 aliphatic carbocycles. The highest BCUT2D eigenvalue weighted by Crippen LogP contribution is 2.29. The monoisotopic (exact) mass is 302 g/mol. The SMILES string of the molecule is CCCC(C)(N)C(=O)N(C)Cc1ccc(C(F)(F)F)cc1. The Labute approximate surface area is 122 Å². The molecule has 118 valence electrons. The fourth-order valence-electron chi connectivity index (χ4n) is 2.21. The lowest BCUT2D eigenvalue weighted by molar-refractivity contribution is -0.138. The number of halogens is 3. The average molecular weight is 302 g/mol. The molecule has 1 aromatic rings. The van der Waals surface area contributed by atoms with E-state index < -0.39 is 17.3 Å². The van der Waals surface area contributed by atoms with Gasteiger partial charge in [-0.05, 0) is 31.0 Å². The van der Waals surface area contributed by atoms with Crippen LogP contribution in [0.3, 0.4) is 0 Å². The number of rotatable bonds is 5. The van der Waals surface area contributed by atoms with E-state index in [2.05, 4.69) is 0 Å². The van der Waals surface area contributed by atoms with Crippen LogP contribution in [0.4, 0.5) is 13.2 Å². The van der Waals surface area contributed by atoms with E-state index in [1.54, 1.807) is 14.0 Å². The van der Waals surface area contributed by atoms with Crippen molar-refractivity contribution in [2.24, 2.45) is 5.73 Å². The minimum absolute atomic E-state index is 0.218. The number of carbonyl (C=O) groups excluding carboxylic acids is 1. The molecule has 1 rings (SSSR count). The van der Waals surface area contributed by atoms with Gasteiger partial charge in [0.05, 0.1) is 11.1 Å². The summed E-state index contributed by atoms with van der Waals surface area (Å²) in [7, 11) is 1.60. The molecule has 0 bridgehead atoms. The zero-order valence-electron chi connectivity index (χ0n) is 12.5. The normalized spacial score (nSPS) is 14.6. The number of nitrogens with two attached hydrogens (primary N) is 1. The first kappa shape index (κ1) is 17.5. The van der Waals surface area contributed by atoms with Gasteiger partial charge in [0.1, 0.15) is 0 Å². The maximum absolute atomic E-state index is 12.5. The third-order valence-corrected chi connectivity index (χ3v) is 3.31. The van der Waals surface area contributed by atoms with Gasteiger partial charge in [0, 0.05) is 13.6 Å². The van der Waals surface area contributed by atoms with Gasteiger partial charge >= 0.3 is 6.18 Å². The number of hydrogen-bond acceptors (Lipinski definition) is 2. The van der Waals surface area contributed by atoms with E-state index in [4.69, 9.17) is 5.73 Å². The first-order valence-corrected chi connectivity index (χ1v) is 6.78. The van der Waals surface area contributed by atoms with Crippen LogP contribution < -0.4 is 5.73 Å². The van der Waals surface area contributed by atoms with Crippen LogP contribution in [0.25, 0.3) is 0 Å². The van der Waals surface area contributed by atoms with E-state index in [1.165, 1.54) is 17.0 Å². The number of amides is 1. The first-order valence-electron chi connectivity index (χ1n) is 6.78. The molecule has 0 radical (unpaired) electrons. The van der Waals surface area contributed by atoms with Gasteiger partial charge in [-0.1, -0.05) is 25.5 Å². The van der Waals surface area contributed by atoms with Crippen molar-refractivity contribution in [3.63, 3.8) is 0 Å². The van der Waals surface area contributed by atoms with Gasteiger partial charge in [0.2, 0.25) is 5.91 Å². The molecular weight excluding hydrogens is 281 g/mol. The summed E-state index contributed by atoms with van der Waals surface area (Å²) in [6.45, 7) is 3.84. The molecule has 6 heteroatoms. The average Bonchev–Trinajstić information content (AvgIpc) is 2.37. The smallest absolute Gasteiger partial charge is 0.340 e. The van der Waals surface area contributed by atoms with Gasteiger partial charge in [-0.25, -0.2) is 0 Å². The van der Waals surface area contributed by atoms with E-state index in [-0.39, 0.29) is 12.5 Å². The molecule has 3 nitrogen and oxygen atoms in total. The van der Waals surface area contributed by atoms with Crippen LogP contribution >= 0.6 is 0 Å². The second kappa shape index (κ2) is 6.47. The fourth-order valence-corrected chi connectivity index (χ4v) is 2.21. The molecule has 0 saturated heterocycles. The largest absolute Gasteiger partial charge is 0.416 e. The zero-order chi connectivity index (χ0) is 16.3. The van der Waals surface area contributed by atoms with Crippen LogP contribution in [0.2, 0.25) is 0 Å². The third kappa shape index (κ3) is 4.74. The van der Waals surface area contributed by atoms with Crippen LogP contribution in [0.15, 0.2) is 24.3 Å². The summed E-state index contributed by atoms with van der Waals surface area (Å²) in [5.74, 6) is -0.218. The van der Waals surface area contributed by atoms with Crippen molar-refractivity contribution in [1.82, 2.24) is 4.90 Å². The summed E-state index contributed by atoms with van der Waals surface area (Å²) in [4.78, 5) is 13.6. The summed E-state index contributed by atoms with van der Waals surface area (Å²) in [5, 5.41) is 0. The molecule has 2 N–H and O–H groups in total. The van der Waals surface area contributed by atoms with Crippen molar-refractivity contribution < 1.29 is 18.0 Å². The molecule has 0 spiro atoms. The topological polar surface area (TPSA) is 46.3 Å². The Balaban J connectivity index is 2.75. The maximum atomic E-state index is 12.5.